The fourth-order valence-corrected chi connectivity index (χ4v) is 4.12. The van der Waals surface area contributed by atoms with Crippen LogP contribution in [0.1, 0.15) is 24.3 Å². The van der Waals surface area contributed by atoms with Crippen LogP contribution in [0, 0.1) is 5.92 Å². The molecule has 1 aromatic rings. The minimum Gasteiger partial charge on any atom is -0.381 e. The van der Waals surface area contributed by atoms with Crippen molar-refractivity contribution in [3.63, 3.8) is 0 Å². The molecular formula is C14H19NOS. The Labute approximate surface area is 107 Å². The zero-order valence-electron chi connectivity index (χ0n) is 9.97. The first-order chi connectivity index (χ1) is 8.34. The quantitative estimate of drug-likeness (QED) is 0.875. The van der Waals surface area contributed by atoms with E-state index in [0.717, 1.165) is 19.6 Å². The van der Waals surface area contributed by atoms with Crippen molar-refractivity contribution in [1.29, 1.82) is 0 Å². The number of rotatable bonds is 2. The van der Waals surface area contributed by atoms with Gasteiger partial charge in [-0.1, -0.05) is 18.2 Å². The number of hydrogen-bond donors (Lipinski definition) is 1. The fourth-order valence-electron chi connectivity index (χ4n) is 2.85. The monoisotopic (exact) mass is 249 g/mol. The second kappa shape index (κ2) is 5.01. The molecule has 3 rings (SSSR count). The number of nitrogens with two attached hydrogens (primary N) is 1. The lowest BCUT2D eigenvalue weighted by Crippen LogP contribution is -2.39. The number of fused-ring (bicyclic) bond motifs is 1. The van der Waals surface area contributed by atoms with Gasteiger partial charge in [-0.05, 0) is 36.3 Å². The molecule has 0 bridgehead atoms. The lowest BCUT2D eigenvalue weighted by atomic mass is 9.85. The Morgan fingerprint density at radius 1 is 1.35 bits per heavy atom. The predicted octanol–water partition coefficient (Wildman–Crippen LogP) is 2.63. The summed E-state index contributed by atoms with van der Waals surface area (Å²) in [4.78, 5) is 1.46. The standard InChI is InChI=1S/C14H19NOS/c15-13-5-6-16-8-10(13)7-11-9-17-14-4-2-1-3-12(11)14/h1-4,10-11,13H,5-9,15H2. The topological polar surface area (TPSA) is 35.2 Å². The van der Waals surface area contributed by atoms with Crippen molar-refractivity contribution in [3.05, 3.63) is 29.8 Å². The number of benzene rings is 1. The Morgan fingerprint density at radius 2 is 2.24 bits per heavy atom. The van der Waals surface area contributed by atoms with Crippen LogP contribution in [0.5, 0.6) is 0 Å². The summed E-state index contributed by atoms with van der Waals surface area (Å²) in [6.07, 6.45) is 2.21. The molecule has 2 N–H and O–H groups in total. The molecule has 0 amide bonds. The third-order valence-corrected chi connectivity index (χ3v) is 5.17. The SMILES string of the molecule is NC1CCOCC1CC1CSc2ccccc21. The van der Waals surface area contributed by atoms with Gasteiger partial charge in [0.2, 0.25) is 0 Å². The van der Waals surface area contributed by atoms with Gasteiger partial charge in [-0.15, -0.1) is 11.8 Å². The van der Waals surface area contributed by atoms with Crippen molar-refractivity contribution in [3.8, 4) is 0 Å². The molecule has 0 saturated carbocycles. The van der Waals surface area contributed by atoms with E-state index < -0.39 is 0 Å². The molecule has 17 heavy (non-hydrogen) atoms. The van der Waals surface area contributed by atoms with Crippen LogP contribution in [0.4, 0.5) is 0 Å². The van der Waals surface area contributed by atoms with Crippen molar-refractivity contribution in [2.75, 3.05) is 19.0 Å². The Kier molecular flexibility index (Phi) is 3.41. The summed E-state index contributed by atoms with van der Waals surface area (Å²) in [5.41, 5.74) is 7.71. The van der Waals surface area contributed by atoms with Crippen molar-refractivity contribution in [2.24, 2.45) is 11.7 Å². The molecule has 3 atom stereocenters. The van der Waals surface area contributed by atoms with E-state index in [9.17, 15) is 0 Å². The molecule has 2 nitrogen and oxygen atoms in total. The average Bonchev–Trinajstić information content (AvgIpc) is 2.76. The van der Waals surface area contributed by atoms with E-state index in [1.807, 2.05) is 11.8 Å². The van der Waals surface area contributed by atoms with Gasteiger partial charge in [0, 0.05) is 23.3 Å². The van der Waals surface area contributed by atoms with Gasteiger partial charge in [-0.25, -0.2) is 0 Å². The first kappa shape index (κ1) is 11.6. The minimum atomic E-state index is 0.335. The van der Waals surface area contributed by atoms with E-state index in [4.69, 9.17) is 10.5 Å². The molecule has 0 spiro atoms. The molecule has 3 heteroatoms. The van der Waals surface area contributed by atoms with Crippen molar-refractivity contribution in [2.45, 2.75) is 29.7 Å². The van der Waals surface area contributed by atoms with E-state index in [1.165, 1.54) is 22.6 Å². The Hall–Kier alpha value is -0.510. The fraction of sp³-hybridized carbons (Fsp3) is 0.571. The molecule has 2 aliphatic rings. The van der Waals surface area contributed by atoms with Crippen LogP contribution in [-0.2, 0) is 4.74 Å². The van der Waals surface area contributed by atoms with E-state index in [2.05, 4.69) is 24.3 Å². The second-order valence-corrected chi connectivity index (χ2v) is 6.13. The van der Waals surface area contributed by atoms with Crippen LogP contribution in [0.2, 0.25) is 0 Å². The van der Waals surface area contributed by atoms with Crippen LogP contribution in [-0.4, -0.2) is 25.0 Å². The number of thioether (sulfide) groups is 1. The predicted molar refractivity (Wildman–Crippen MR) is 71.4 cm³/mol. The largest absolute Gasteiger partial charge is 0.381 e. The zero-order valence-corrected chi connectivity index (χ0v) is 10.8. The molecule has 2 heterocycles. The van der Waals surface area contributed by atoms with E-state index in [-0.39, 0.29) is 0 Å². The molecular weight excluding hydrogens is 230 g/mol. The minimum absolute atomic E-state index is 0.335. The van der Waals surface area contributed by atoms with Crippen LogP contribution >= 0.6 is 11.8 Å². The van der Waals surface area contributed by atoms with Gasteiger partial charge in [0.15, 0.2) is 0 Å². The summed E-state index contributed by atoms with van der Waals surface area (Å²) >= 11 is 1.98. The van der Waals surface area contributed by atoms with E-state index >= 15 is 0 Å². The lowest BCUT2D eigenvalue weighted by molar-refractivity contribution is 0.0368. The Balaban J connectivity index is 1.70. The third-order valence-electron chi connectivity index (χ3n) is 3.92. The van der Waals surface area contributed by atoms with E-state index in [0.29, 0.717) is 17.9 Å². The smallest absolute Gasteiger partial charge is 0.0509 e. The maximum Gasteiger partial charge on any atom is 0.0509 e. The maximum absolute atomic E-state index is 6.19. The summed E-state index contributed by atoms with van der Waals surface area (Å²) in [6.45, 7) is 1.69. The second-order valence-electron chi connectivity index (χ2n) is 5.07. The first-order valence-electron chi connectivity index (χ1n) is 6.39. The molecule has 92 valence electrons. The van der Waals surface area contributed by atoms with Crippen LogP contribution in [0.15, 0.2) is 29.2 Å². The normalized spacial score (nSPS) is 32.4. The molecule has 3 unspecified atom stereocenters. The molecule has 0 aromatic heterocycles. The summed E-state index contributed by atoms with van der Waals surface area (Å²) in [5, 5.41) is 0. The van der Waals surface area contributed by atoms with Crippen LogP contribution < -0.4 is 5.73 Å². The van der Waals surface area contributed by atoms with Gasteiger partial charge in [-0.2, -0.15) is 0 Å². The summed E-state index contributed by atoms with van der Waals surface area (Å²) in [6, 6.07) is 9.12. The van der Waals surface area contributed by atoms with Crippen molar-refractivity contribution < 1.29 is 4.74 Å². The highest BCUT2D eigenvalue weighted by Gasteiger charge is 2.29. The first-order valence-corrected chi connectivity index (χ1v) is 7.38. The highest BCUT2D eigenvalue weighted by Crippen LogP contribution is 2.43. The summed E-state index contributed by atoms with van der Waals surface area (Å²) < 4.78 is 5.56. The summed E-state index contributed by atoms with van der Waals surface area (Å²) in [5.74, 6) is 2.43. The maximum atomic E-state index is 6.19. The highest BCUT2D eigenvalue weighted by molar-refractivity contribution is 7.99. The Bertz CT molecular complexity index is 396. The molecule has 1 aromatic carbocycles. The van der Waals surface area contributed by atoms with Gasteiger partial charge in [0.1, 0.15) is 0 Å². The molecule has 0 aliphatic carbocycles. The number of hydrogen-bond acceptors (Lipinski definition) is 3. The summed E-state index contributed by atoms with van der Waals surface area (Å²) in [7, 11) is 0. The van der Waals surface area contributed by atoms with Gasteiger partial charge >= 0.3 is 0 Å². The molecule has 1 fully saturated rings. The van der Waals surface area contributed by atoms with Crippen LogP contribution in [0.25, 0.3) is 0 Å². The van der Waals surface area contributed by atoms with Gasteiger partial charge in [0.05, 0.1) is 6.61 Å². The Morgan fingerprint density at radius 3 is 3.12 bits per heavy atom. The van der Waals surface area contributed by atoms with Gasteiger partial charge in [0.25, 0.3) is 0 Å². The van der Waals surface area contributed by atoms with Gasteiger partial charge in [-0.3, -0.25) is 0 Å². The van der Waals surface area contributed by atoms with E-state index in [1.54, 1.807) is 0 Å². The number of ether oxygens (including phenoxy) is 1. The van der Waals surface area contributed by atoms with Gasteiger partial charge < -0.3 is 10.5 Å². The third kappa shape index (κ3) is 2.37. The van der Waals surface area contributed by atoms with Crippen LogP contribution in [0.3, 0.4) is 0 Å². The van der Waals surface area contributed by atoms with Crippen molar-refractivity contribution in [1.82, 2.24) is 0 Å². The molecule has 0 radical (unpaired) electrons. The van der Waals surface area contributed by atoms with Crippen molar-refractivity contribution >= 4 is 11.8 Å². The molecule has 1 saturated heterocycles. The lowest BCUT2D eigenvalue weighted by Gasteiger charge is -2.30. The zero-order chi connectivity index (χ0) is 11.7. The molecule has 2 aliphatic heterocycles. The average molecular weight is 249 g/mol. The highest BCUT2D eigenvalue weighted by atomic mass is 32.2.